The molecule has 0 aliphatic rings. The quantitative estimate of drug-likeness (QED) is 0.805. The minimum Gasteiger partial charge on any atom is -0.506 e. The second-order valence-corrected chi connectivity index (χ2v) is 4.10. The van der Waals surface area contributed by atoms with Crippen molar-refractivity contribution < 1.29 is 5.11 Å². The SMILES string of the molecule is CCCCCn1cc(-c2ccc(O)cn2)cn1. The summed E-state index contributed by atoms with van der Waals surface area (Å²) in [7, 11) is 0. The van der Waals surface area contributed by atoms with Crippen LogP contribution in [0.4, 0.5) is 0 Å². The molecule has 0 aliphatic carbocycles. The van der Waals surface area contributed by atoms with Crippen LogP contribution in [0.2, 0.25) is 0 Å². The van der Waals surface area contributed by atoms with E-state index in [4.69, 9.17) is 5.11 Å². The Balaban J connectivity index is 2.04. The summed E-state index contributed by atoms with van der Waals surface area (Å²) >= 11 is 0. The van der Waals surface area contributed by atoms with Crippen LogP contribution in [0, 0.1) is 0 Å². The van der Waals surface area contributed by atoms with Crippen LogP contribution in [0.5, 0.6) is 5.75 Å². The summed E-state index contributed by atoms with van der Waals surface area (Å²) in [5.74, 6) is 0.184. The Morgan fingerprint density at radius 1 is 1.24 bits per heavy atom. The van der Waals surface area contributed by atoms with Crippen molar-refractivity contribution in [3.8, 4) is 17.0 Å². The van der Waals surface area contributed by atoms with E-state index in [1.807, 2.05) is 17.1 Å². The Morgan fingerprint density at radius 3 is 2.82 bits per heavy atom. The molecule has 4 heteroatoms. The zero-order valence-electron chi connectivity index (χ0n) is 10.0. The molecular formula is C13H17N3O. The Labute approximate surface area is 101 Å². The molecule has 0 radical (unpaired) electrons. The number of hydrogen-bond acceptors (Lipinski definition) is 3. The lowest BCUT2D eigenvalue weighted by molar-refractivity contribution is 0.473. The Morgan fingerprint density at radius 2 is 2.12 bits per heavy atom. The number of rotatable bonds is 5. The summed E-state index contributed by atoms with van der Waals surface area (Å²) in [4.78, 5) is 4.15. The van der Waals surface area contributed by atoms with Gasteiger partial charge < -0.3 is 5.11 Å². The van der Waals surface area contributed by atoms with Crippen LogP contribution in [-0.2, 0) is 6.54 Å². The summed E-state index contributed by atoms with van der Waals surface area (Å²) < 4.78 is 1.94. The highest BCUT2D eigenvalue weighted by atomic mass is 16.3. The van der Waals surface area contributed by atoms with Crippen molar-refractivity contribution >= 4 is 0 Å². The molecule has 0 spiro atoms. The number of unbranched alkanes of at least 4 members (excludes halogenated alkanes) is 2. The standard InChI is InChI=1S/C13H17N3O/c1-2-3-4-7-16-10-11(8-15-16)13-6-5-12(17)9-14-13/h5-6,8-10,17H,2-4,7H2,1H3. The van der Waals surface area contributed by atoms with E-state index in [9.17, 15) is 0 Å². The average molecular weight is 231 g/mol. The third-order valence-electron chi connectivity index (χ3n) is 2.67. The topological polar surface area (TPSA) is 50.9 Å². The summed E-state index contributed by atoms with van der Waals surface area (Å²) in [5, 5.41) is 13.5. The van der Waals surface area contributed by atoms with Crippen LogP contribution >= 0.6 is 0 Å². The van der Waals surface area contributed by atoms with E-state index in [1.54, 1.807) is 12.1 Å². The molecule has 17 heavy (non-hydrogen) atoms. The largest absolute Gasteiger partial charge is 0.506 e. The molecule has 0 fully saturated rings. The van der Waals surface area contributed by atoms with E-state index in [0.29, 0.717) is 0 Å². The molecule has 0 amide bonds. The Kier molecular flexibility index (Phi) is 3.75. The second-order valence-electron chi connectivity index (χ2n) is 4.10. The lowest BCUT2D eigenvalue weighted by atomic mass is 10.2. The molecule has 90 valence electrons. The highest BCUT2D eigenvalue weighted by Gasteiger charge is 2.02. The molecule has 0 saturated carbocycles. The van der Waals surface area contributed by atoms with Crippen LogP contribution in [0.25, 0.3) is 11.3 Å². The first kappa shape index (κ1) is 11.6. The van der Waals surface area contributed by atoms with Gasteiger partial charge in [-0.1, -0.05) is 19.8 Å². The van der Waals surface area contributed by atoms with Gasteiger partial charge in [-0.2, -0.15) is 5.10 Å². The molecule has 0 atom stereocenters. The van der Waals surface area contributed by atoms with Crippen LogP contribution in [0.3, 0.4) is 0 Å². The third kappa shape index (κ3) is 3.06. The number of nitrogens with zero attached hydrogens (tertiary/aromatic N) is 3. The van der Waals surface area contributed by atoms with Crippen molar-refractivity contribution in [2.75, 3.05) is 0 Å². The van der Waals surface area contributed by atoms with Crippen LogP contribution in [-0.4, -0.2) is 19.9 Å². The van der Waals surface area contributed by atoms with Crippen molar-refractivity contribution in [1.82, 2.24) is 14.8 Å². The number of aryl methyl sites for hydroxylation is 1. The van der Waals surface area contributed by atoms with Crippen LogP contribution in [0.1, 0.15) is 26.2 Å². The molecule has 2 rings (SSSR count). The highest BCUT2D eigenvalue weighted by Crippen LogP contribution is 2.18. The van der Waals surface area contributed by atoms with Crippen molar-refractivity contribution in [1.29, 1.82) is 0 Å². The number of aromatic nitrogens is 3. The van der Waals surface area contributed by atoms with E-state index in [2.05, 4.69) is 17.0 Å². The zero-order valence-corrected chi connectivity index (χ0v) is 10.0. The first-order valence-electron chi connectivity index (χ1n) is 5.97. The molecule has 0 bridgehead atoms. The van der Waals surface area contributed by atoms with E-state index in [0.717, 1.165) is 24.2 Å². The number of hydrogen-bond donors (Lipinski definition) is 1. The molecule has 2 aromatic rings. The fourth-order valence-electron chi connectivity index (χ4n) is 1.70. The van der Waals surface area contributed by atoms with E-state index >= 15 is 0 Å². The van der Waals surface area contributed by atoms with Crippen molar-refractivity contribution in [3.63, 3.8) is 0 Å². The van der Waals surface area contributed by atoms with Gasteiger partial charge in [0.2, 0.25) is 0 Å². The van der Waals surface area contributed by atoms with E-state index < -0.39 is 0 Å². The van der Waals surface area contributed by atoms with Gasteiger partial charge in [-0.25, -0.2) is 0 Å². The van der Waals surface area contributed by atoms with Gasteiger partial charge in [-0.15, -0.1) is 0 Å². The van der Waals surface area contributed by atoms with E-state index in [1.165, 1.54) is 19.0 Å². The predicted octanol–water partition coefficient (Wildman–Crippen LogP) is 2.84. The molecule has 1 N–H and O–H groups in total. The summed E-state index contributed by atoms with van der Waals surface area (Å²) in [6.45, 7) is 3.14. The van der Waals surface area contributed by atoms with Crippen LogP contribution < -0.4 is 0 Å². The van der Waals surface area contributed by atoms with Gasteiger partial charge in [0, 0.05) is 18.3 Å². The monoisotopic (exact) mass is 231 g/mol. The lowest BCUT2D eigenvalue weighted by Crippen LogP contribution is -1.97. The molecule has 0 saturated heterocycles. The van der Waals surface area contributed by atoms with Gasteiger partial charge in [-0.3, -0.25) is 9.67 Å². The molecule has 0 aromatic carbocycles. The summed E-state index contributed by atoms with van der Waals surface area (Å²) in [5.41, 5.74) is 1.83. The second kappa shape index (κ2) is 5.48. The Hall–Kier alpha value is -1.84. The fourth-order valence-corrected chi connectivity index (χ4v) is 1.70. The molecule has 0 aliphatic heterocycles. The predicted molar refractivity (Wildman–Crippen MR) is 66.6 cm³/mol. The maximum absolute atomic E-state index is 9.17. The van der Waals surface area contributed by atoms with Gasteiger partial charge in [0.15, 0.2) is 0 Å². The number of pyridine rings is 1. The van der Waals surface area contributed by atoms with Gasteiger partial charge >= 0.3 is 0 Å². The molecule has 0 unspecified atom stereocenters. The van der Waals surface area contributed by atoms with E-state index in [-0.39, 0.29) is 5.75 Å². The third-order valence-corrected chi connectivity index (χ3v) is 2.67. The van der Waals surface area contributed by atoms with Gasteiger partial charge in [0.05, 0.1) is 18.1 Å². The summed E-state index contributed by atoms with van der Waals surface area (Å²) in [6.07, 6.45) is 8.85. The minimum atomic E-state index is 0.184. The maximum atomic E-state index is 9.17. The average Bonchev–Trinajstić information content (AvgIpc) is 2.79. The molecule has 4 nitrogen and oxygen atoms in total. The maximum Gasteiger partial charge on any atom is 0.133 e. The van der Waals surface area contributed by atoms with Gasteiger partial charge in [-0.05, 0) is 18.6 Å². The summed E-state index contributed by atoms with van der Waals surface area (Å²) in [6, 6.07) is 3.43. The van der Waals surface area contributed by atoms with Crippen molar-refractivity contribution in [3.05, 3.63) is 30.7 Å². The normalized spacial score (nSPS) is 10.6. The van der Waals surface area contributed by atoms with Crippen molar-refractivity contribution in [2.45, 2.75) is 32.7 Å². The smallest absolute Gasteiger partial charge is 0.133 e. The molecule has 2 heterocycles. The molecule has 2 aromatic heterocycles. The fraction of sp³-hybridized carbons (Fsp3) is 0.385. The van der Waals surface area contributed by atoms with Gasteiger partial charge in [0.25, 0.3) is 0 Å². The minimum absolute atomic E-state index is 0.184. The first-order valence-corrected chi connectivity index (χ1v) is 5.97. The van der Waals surface area contributed by atoms with Gasteiger partial charge in [0.1, 0.15) is 5.75 Å². The number of aromatic hydroxyl groups is 1. The zero-order chi connectivity index (χ0) is 12.1. The highest BCUT2D eigenvalue weighted by molar-refractivity contribution is 5.57. The molecular weight excluding hydrogens is 214 g/mol. The van der Waals surface area contributed by atoms with Crippen LogP contribution in [0.15, 0.2) is 30.7 Å². The van der Waals surface area contributed by atoms with Crippen molar-refractivity contribution in [2.24, 2.45) is 0 Å². The first-order chi connectivity index (χ1) is 8.29. The lowest BCUT2D eigenvalue weighted by Gasteiger charge is -1.99. The Bertz CT molecular complexity index is 462.